The second-order valence-electron chi connectivity index (χ2n) is 4.88. The highest BCUT2D eigenvalue weighted by Crippen LogP contribution is 2.13. The van der Waals surface area contributed by atoms with Gasteiger partial charge in [0.2, 0.25) is 0 Å². The van der Waals surface area contributed by atoms with E-state index in [-0.39, 0.29) is 5.56 Å². The van der Waals surface area contributed by atoms with Crippen LogP contribution in [0.1, 0.15) is 18.9 Å². The molecule has 0 atom stereocenters. The molecule has 0 fully saturated rings. The molecule has 0 radical (unpaired) electrons. The van der Waals surface area contributed by atoms with Gasteiger partial charge in [-0.1, -0.05) is 49.1 Å². The number of allylic oxidation sites excluding steroid dienone is 5. The Morgan fingerprint density at radius 1 is 1.38 bits per heavy atom. The molecule has 1 aromatic rings. The molecule has 0 amide bonds. The molecule has 0 saturated heterocycles. The van der Waals surface area contributed by atoms with Gasteiger partial charge in [-0.2, -0.15) is 0 Å². The van der Waals surface area contributed by atoms with Crippen LogP contribution in [0.2, 0.25) is 0 Å². The van der Waals surface area contributed by atoms with Gasteiger partial charge in [-0.05, 0) is 26.3 Å². The summed E-state index contributed by atoms with van der Waals surface area (Å²) in [5.74, 6) is 0.646. The lowest BCUT2D eigenvalue weighted by molar-refractivity contribution is 0.321. The highest BCUT2D eigenvalue weighted by molar-refractivity contribution is 5.29. The first kappa shape index (κ1) is 16.8. The number of rotatable bonds is 8. The third kappa shape index (κ3) is 5.69. The van der Waals surface area contributed by atoms with Crippen LogP contribution in [0, 0.1) is 6.92 Å². The maximum absolute atomic E-state index is 12.1. The molecule has 0 saturated carbocycles. The molecule has 21 heavy (non-hydrogen) atoms. The fourth-order valence-electron chi connectivity index (χ4n) is 1.80. The van der Waals surface area contributed by atoms with E-state index >= 15 is 0 Å². The van der Waals surface area contributed by atoms with E-state index in [1.807, 2.05) is 37.3 Å². The smallest absolute Gasteiger partial charge is 0.257 e. The Bertz CT molecular complexity index is 606. The lowest BCUT2D eigenvalue weighted by Crippen LogP contribution is -2.22. The molecule has 0 bridgehead atoms. The van der Waals surface area contributed by atoms with E-state index in [0.29, 0.717) is 24.5 Å². The molecule has 112 valence electrons. The zero-order valence-corrected chi connectivity index (χ0v) is 12.8. The number of hydrogen-bond acceptors (Lipinski definition) is 2. The highest BCUT2D eigenvalue weighted by atomic mass is 16.5. The van der Waals surface area contributed by atoms with Gasteiger partial charge in [-0.15, -0.1) is 0 Å². The van der Waals surface area contributed by atoms with E-state index in [4.69, 9.17) is 4.74 Å². The van der Waals surface area contributed by atoms with Gasteiger partial charge in [0.1, 0.15) is 5.75 Å². The van der Waals surface area contributed by atoms with Crippen molar-refractivity contribution in [1.82, 2.24) is 4.57 Å². The molecule has 1 rings (SSSR count). The molecule has 3 nitrogen and oxygen atoms in total. The number of hydrogen-bond donors (Lipinski definition) is 0. The van der Waals surface area contributed by atoms with Crippen LogP contribution in [-0.2, 0) is 6.54 Å². The summed E-state index contributed by atoms with van der Waals surface area (Å²) < 4.78 is 7.30. The summed E-state index contributed by atoms with van der Waals surface area (Å²) in [7, 11) is 0. The molecular formula is C18H23NO2. The van der Waals surface area contributed by atoms with Gasteiger partial charge in [0.15, 0.2) is 0 Å². The Balaban J connectivity index is 2.61. The Labute approximate surface area is 126 Å². The van der Waals surface area contributed by atoms with Crippen molar-refractivity contribution in [3.63, 3.8) is 0 Å². The average molecular weight is 285 g/mol. The Morgan fingerprint density at radius 3 is 2.81 bits per heavy atom. The summed E-state index contributed by atoms with van der Waals surface area (Å²) >= 11 is 0. The molecular weight excluding hydrogens is 262 g/mol. The standard InChI is InChI=1S/C18H23NO2/c1-5-6-7-8-9-10-13-21-17-11-12-19(14-15(2)3)18(20)16(17)4/h5-9,11-12H,1-2,10,13-14H2,3-4H3/b7-6-,9-8-. The van der Waals surface area contributed by atoms with Crippen molar-refractivity contribution in [1.29, 1.82) is 0 Å². The number of ether oxygens (including phenoxy) is 1. The van der Waals surface area contributed by atoms with Crippen molar-refractivity contribution < 1.29 is 4.74 Å². The van der Waals surface area contributed by atoms with Gasteiger partial charge < -0.3 is 9.30 Å². The molecule has 0 aliphatic heterocycles. The van der Waals surface area contributed by atoms with Crippen molar-refractivity contribution in [3.8, 4) is 5.75 Å². The number of pyridine rings is 1. The van der Waals surface area contributed by atoms with Crippen LogP contribution in [0.4, 0.5) is 0 Å². The van der Waals surface area contributed by atoms with Crippen LogP contribution >= 0.6 is 0 Å². The predicted molar refractivity (Wildman–Crippen MR) is 88.8 cm³/mol. The van der Waals surface area contributed by atoms with E-state index in [1.165, 1.54) is 0 Å². The lowest BCUT2D eigenvalue weighted by atomic mass is 10.2. The third-order valence-electron chi connectivity index (χ3n) is 2.83. The highest BCUT2D eigenvalue weighted by Gasteiger charge is 2.06. The van der Waals surface area contributed by atoms with Gasteiger partial charge in [0.25, 0.3) is 5.56 Å². The van der Waals surface area contributed by atoms with E-state index in [9.17, 15) is 4.79 Å². The fraction of sp³-hybridized carbons (Fsp3) is 0.278. The minimum absolute atomic E-state index is 0.0278. The largest absolute Gasteiger partial charge is 0.493 e. The van der Waals surface area contributed by atoms with Crippen LogP contribution < -0.4 is 10.3 Å². The Morgan fingerprint density at radius 2 is 2.14 bits per heavy atom. The first-order chi connectivity index (χ1) is 10.1. The van der Waals surface area contributed by atoms with E-state index < -0.39 is 0 Å². The minimum Gasteiger partial charge on any atom is -0.493 e. The summed E-state index contributed by atoms with van der Waals surface area (Å²) in [5, 5.41) is 0. The van der Waals surface area contributed by atoms with Crippen LogP contribution in [0.5, 0.6) is 5.75 Å². The van der Waals surface area contributed by atoms with E-state index in [2.05, 4.69) is 13.2 Å². The van der Waals surface area contributed by atoms with E-state index in [1.54, 1.807) is 23.8 Å². The molecule has 1 heterocycles. The second kappa shape index (κ2) is 8.80. The summed E-state index contributed by atoms with van der Waals surface area (Å²) in [6.45, 7) is 12.2. The van der Waals surface area contributed by atoms with Crippen LogP contribution in [-0.4, -0.2) is 11.2 Å². The molecule has 3 heteroatoms. The van der Waals surface area contributed by atoms with Gasteiger partial charge in [0.05, 0.1) is 12.2 Å². The number of nitrogens with zero attached hydrogens (tertiary/aromatic N) is 1. The molecule has 0 aliphatic carbocycles. The Kier molecular flexibility index (Phi) is 7.02. The number of aromatic nitrogens is 1. The topological polar surface area (TPSA) is 31.2 Å². The summed E-state index contributed by atoms with van der Waals surface area (Å²) in [5.41, 5.74) is 1.55. The molecule has 1 aromatic heterocycles. The predicted octanol–water partition coefficient (Wildman–Crippen LogP) is 3.80. The molecule has 0 spiro atoms. The molecule has 0 N–H and O–H groups in total. The van der Waals surface area contributed by atoms with Crippen molar-refractivity contribution in [3.05, 3.63) is 77.3 Å². The molecule has 0 aliphatic rings. The van der Waals surface area contributed by atoms with Gasteiger partial charge in [0, 0.05) is 12.7 Å². The summed E-state index contributed by atoms with van der Waals surface area (Å²) in [6.07, 6.45) is 12.0. The SMILES string of the molecule is C=C/C=C\C=C/CCOc1ccn(CC(=C)C)c(=O)c1C. The van der Waals surface area contributed by atoms with Gasteiger partial charge in [-0.25, -0.2) is 0 Å². The zero-order valence-electron chi connectivity index (χ0n) is 12.8. The lowest BCUT2D eigenvalue weighted by Gasteiger charge is -2.11. The maximum atomic E-state index is 12.1. The second-order valence-corrected chi connectivity index (χ2v) is 4.88. The normalized spacial score (nSPS) is 11.1. The first-order valence-electron chi connectivity index (χ1n) is 6.97. The van der Waals surface area contributed by atoms with Crippen molar-refractivity contribution in [2.24, 2.45) is 0 Å². The third-order valence-corrected chi connectivity index (χ3v) is 2.83. The van der Waals surface area contributed by atoms with Crippen LogP contribution in [0.25, 0.3) is 0 Å². The zero-order chi connectivity index (χ0) is 15.7. The van der Waals surface area contributed by atoms with E-state index in [0.717, 1.165) is 12.0 Å². The monoisotopic (exact) mass is 285 g/mol. The van der Waals surface area contributed by atoms with Crippen molar-refractivity contribution in [2.75, 3.05) is 6.61 Å². The molecule has 0 aromatic carbocycles. The van der Waals surface area contributed by atoms with Gasteiger partial charge in [-0.3, -0.25) is 4.79 Å². The van der Waals surface area contributed by atoms with Crippen molar-refractivity contribution >= 4 is 0 Å². The van der Waals surface area contributed by atoms with Gasteiger partial charge >= 0.3 is 0 Å². The summed E-state index contributed by atoms with van der Waals surface area (Å²) in [4.78, 5) is 12.1. The van der Waals surface area contributed by atoms with Crippen molar-refractivity contribution in [2.45, 2.75) is 26.8 Å². The molecule has 0 unspecified atom stereocenters. The maximum Gasteiger partial charge on any atom is 0.257 e. The fourth-order valence-corrected chi connectivity index (χ4v) is 1.80. The quantitative estimate of drug-likeness (QED) is 0.413. The van der Waals surface area contributed by atoms with Crippen LogP contribution in [0.3, 0.4) is 0 Å². The van der Waals surface area contributed by atoms with Crippen LogP contribution in [0.15, 0.2) is 66.2 Å². The average Bonchev–Trinajstić information content (AvgIpc) is 2.44. The minimum atomic E-state index is -0.0278. The summed E-state index contributed by atoms with van der Waals surface area (Å²) in [6, 6.07) is 1.83. The first-order valence-corrected chi connectivity index (χ1v) is 6.97. The Hall–Kier alpha value is -2.29.